The van der Waals surface area contributed by atoms with Crippen molar-refractivity contribution in [3.8, 4) is 0 Å². The second-order valence-electron chi connectivity index (χ2n) is 3.47. The Morgan fingerprint density at radius 1 is 1.38 bits per heavy atom. The van der Waals surface area contributed by atoms with E-state index in [0.29, 0.717) is 6.29 Å². The minimum Gasteiger partial charge on any atom is -0.296 e. The van der Waals surface area contributed by atoms with Crippen LogP contribution in [0.1, 0.15) is 22.6 Å². The summed E-state index contributed by atoms with van der Waals surface area (Å²) >= 11 is 0. The van der Waals surface area contributed by atoms with Gasteiger partial charge in [0, 0.05) is 6.42 Å². The summed E-state index contributed by atoms with van der Waals surface area (Å²) < 4.78 is 49.8. The molecule has 16 heavy (non-hydrogen) atoms. The van der Waals surface area contributed by atoms with Gasteiger partial charge in [-0.1, -0.05) is 0 Å². The number of alkyl halides is 2. The summed E-state index contributed by atoms with van der Waals surface area (Å²) in [5.74, 6) is -3.89. The maximum Gasteiger partial charge on any atom is 0.292 e. The molecule has 4 nitrogen and oxygen atoms in total. The van der Waals surface area contributed by atoms with Crippen LogP contribution in [0, 0.1) is 0 Å². The Morgan fingerprint density at radius 2 is 2.06 bits per heavy atom. The van der Waals surface area contributed by atoms with Crippen LogP contribution in [0.4, 0.5) is 8.78 Å². The fraction of sp³-hybridized carbons (Fsp3) is 0.333. The zero-order valence-electron chi connectivity index (χ0n) is 7.98. The van der Waals surface area contributed by atoms with Gasteiger partial charge in [-0.2, -0.15) is 8.78 Å². The van der Waals surface area contributed by atoms with Gasteiger partial charge in [-0.15, -0.1) is 0 Å². The maximum absolute atomic E-state index is 13.4. The molecule has 1 aliphatic rings. The molecule has 0 spiro atoms. The Kier molecular flexibility index (Phi) is 2.30. The van der Waals surface area contributed by atoms with Crippen molar-refractivity contribution >= 4 is 16.1 Å². The van der Waals surface area contributed by atoms with Crippen LogP contribution < -0.4 is 0 Å². The van der Waals surface area contributed by atoms with E-state index in [9.17, 15) is 22.0 Å². The highest BCUT2D eigenvalue weighted by molar-refractivity contribution is 7.91. The average molecular weight is 247 g/mol. The van der Waals surface area contributed by atoms with Crippen LogP contribution in [-0.4, -0.2) is 25.4 Å². The minimum absolute atomic E-state index is 0.199. The molecule has 0 saturated carbocycles. The van der Waals surface area contributed by atoms with Gasteiger partial charge in [0.2, 0.25) is 0 Å². The van der Waals surface area contributed by atoms with Crippen LogP contribution >= 0.6 is 0 Å². The SMILES string of the molecule is O=Cc1ccc2c(n1)C(F)(F)CCS2(=O)=O. The number of pyridine rings is 1. The summed E-state index contributed by atoms with van der Waals surface area (Å²) in [5.41, 5.74) is -1.01. The van der Waals surface area contributed by atoms with E-state index in [0.717, 1.165) is 12.1 Å². The number of carbonyl (C=O) groups is 1. The summed E-state index contributed by atoms with van der Waals surface area (Å²) in [6, 6.07) is 2.12. The van der Waals surface area contributed by atoms with Crippen molar-refractivity contribution in [3.63, 3.8) is 0 Å². The number of carbonyl (C=O) groups excluding carboxylic acids is 1. The molecule has 1 aromatic heterocycles. The Morgan fingerprint density at radius 3 is 2.69 bits per heavy atom. The topological polar surface area (TPSA) is 64.1 Å². The summed E-state index contributed by atoms with van der Waals surface area (Å²) in [7, 11) is -3.70. The van der Waals surface area contributed by atoms with Gasteiger partial charge in [-0.25, -0.2) is 13.4 Å². The van der Waals surface area contributed by atoms with Crippen LogP contribution in [0.25, 0.3) is 0 Å². The van der Waals surface area contributed by atoms with Crippen LogP contribution in [0.2, 0.25) is 0 Å². The molecule has 0 N–H and O–H groups in total. The molecule has 0 atom stereocenters. The van der Waals surface area contributed by atoms with Crippen molar-refractivity contribution in [2.24, 2.45) is 0 Å². The third kappa shape index (κ3) is 1.60. The molecular formula is C9H7F2NO3S. The highest BCUT2D eigenvalue weighted by Gasteiger charge is 2.44. The Labute approximate surface area is 90.2 Å². The largest absolute Gasteiger partial charge is 0.296 e. The summed E-state index contributed by atoms with van der Waals surface area (Å²) in [6.07, 6.45) is -0.491. The normalized spacial score (nSPS) is 21.1. The molecule has 0 unspecified atom stereocenters. The van der Waals surface area contributed by atoms with Gasteiger partial charge < -0.3 is 0 Å². The lowest BCUT2D eigenvalue weighted by molar-refractivity contribution is -0.0175. The number of halogens is 2. The van der Waals surface area contributed by atoms with Crippen molar-refractivity contribution in [1.82, 2.24) is 4.98 Å². The lowest BCUT2D eigenvalue weighted by atomic mass is 10.1. The number of nitrogens with zero attached hydrogens (tertiary/aromatic N) is 1. The highest BCUT2D eigenvalue weighted by Crippen LogP contribution is 2.39. The molecule has 0 aliphatic carbocycles. The van der Waals surface area contributed by atoms with E-state index in [-0.39, 0.29) is 5.69 Å². The summed E-state index contributed by atoms with van der Waals surface area (Å²) in [5, 5.41) is 0. The van der Waals surface area contributed by atoms with E-state index in [1.165, 1.54) is 0 Å². The van der Waals surface area contributed by atoms with Gasteiger partial charge in [0.15, 0.2) is 16.1 Å². The molecule has 7 heteroatoms. The molecule has 0 bridgehead atoms. The number of fused-ring (bicyclic) bond motifs is 1. The number of rotatable bonds is 1. The van der Waals surface area contributed by atoms with E-state index < -0.39 is 38.5 Å². The van der Waals surface area contributed by atoms with Crippen LogP contribution in [0.3, 0.4) is 0 Å². The first-order chi connectivity index (χ1) is 7.37. The third-order valence-electron chi connectivity index (χ3n) is 2.37. The van der Waals surface area contributed by atoms with E-state index in [2.05, 4.69) is 4.98 Å². The summed E-state index contributed by atoms with van der Waals surface area (Å²) in [6.45, 7) is 0. The first-order valence-electron chi connectivity index (χ1n) is 4.44. The second kappa shape index (κ2) is 3.31. The predicted molar refractivity (Wildman–Crippen MR) is 50.2 cm³/mol. The Hall–Kier alpha value is -1.37. The first-order valence-corrected chi connectivity index (χ1v) is 6.09. The van der Waals surface area contributed by atoms with E-state index in [1.807, 2.05) is 0 Å². The molecule has 2 rings (SSSR count). The average Bonchev–Trinajstić information content (AvgIpc) is 2.24. The number of aromatic nitrogens is 1. The van der Waals surface area contributed by atoms with Gasteiger partial charge in [0.25, 0.3) is 5.92 Å². The highest BCUT2D eigenvalue weighted by atomic mass is 32.2. The molecule has 0 saturated heterocycles. The number of hydrogen-bond acceptors (Lipinski definition) is 4. The number of aldehydes is 1. The van der Waals surface area contributed by atoms with E-state index in [1.54, 1.807) is 0 Å². The van der Waals surface area contributed by atoms with Crippen molar-refractivity contribution < 1.29 is 22.0 Å². The smallest absolute Gasteiger partial charge is 0.292 e. The molecular weight excluding hydrogens is 240 g/mol. The molecule has 1 aromatic rings. The van der Waals surface area contributed by atoms with Crippen molar-refractivity contribution in [2.75, 3.05) is 5.75 Å². The number of sulfone groups is 1. The standard InChI is InChI=1S/C9H7F2NO3S/c10-9(11)3-4-16(14,15)7-2-1-6(5-13)12-8(7)9/h1-2,5H,3-4H2. The molecule has 2 heterocycles. The predicted octanol–water partition coefficient (Wildman–Crippen LogP) is 1.16. The van der Waals surface area contributed by atoms with Gasteiger partial charge >= 0.3 is 0 Å². The van der Waals surface area contributed by atoms with Crippen LogP contribution in [0.15, 0.2) is 17.0 Å². The van der Waals surface area contributed by atoms with Gasteiger partial charge in [-0.3, -0.25) is 4.79 Å². The molecule has 0 fully saturated rings. The molecule has 0 radical (unpaired) electrons. The quantitative estimate of drug-likeness (QED) is 0.698. The third-order valence-corrected chi connectivity index (χ3v) is 4.11. The molecule has 0 amide bonds. The minimum atomic E-state index is -3.70. The second-order valence-corrected chi connectivity index (χ2v) is 5.55. The van der Waals surface area contributed by atoms with Crippen LogP contribution in [0.5, 0.6) is 0 Å². The van der Waals surface area contributed by atoms with Crippen LogP contribution in [-0.2, 0) is 15.8 Å². The van der Waals surface area contributed by atoms with Crippen molar-refractivity contribution in [1.29, 1.82) is 0 Å². The fourth-order valence-corrected chi connectivity index (χ4v) is 3.04. The zero-order valence-corrected chi connectivity index (χ0v) is 8.80. The van der Waals surface area contributed by atoms with Crippen molar-refractivity contribution in [2.45, 2.75) is 17.2 Å². The van der Waals surface area contributed by atoms with E-state index >= 15 is 0 Å². The van der Waals surface area contributed by atoms with E-state index in [4.69, 9.17) is 0 Å². The first kappa shape index (κ1) is 11.1. The summed E-state index contributed by atoms with van der Waals surface area (Å²) in [4.78, 5) is 13.3. The zero-order chi connectivity index (χ0) is 12.0. The monoisotopic (exact) mass is 247 g/mol. The lowest BCUT2D eigenvalue weighted by Gasteiger charge is -2.23. The lowest BCUT2D eigenvalue weighted by Crippen LogP contribution is -2.29. The van der Waals surface area contributed by atoms with Gasteiger partial charge in [-0.05, 0) is 12.1 Å². The molecule has 1 aliphatic heterocycles. The Balaban J connectivity index is 2.74. The fourth-order valence-electron chi connectivity index (χ4n) is 1.53. The van der Waals surface area contributed by atoms with Crippen molar-refractivity contribution in [3.05, 3.63) is 23.5 Å². The molecule has 86 valence electrons. The van der Waals surface area contributed by atoms with Gasteiger partial charge in [0.05, 0.1) is 10.6 Å². The Bertz CT molecular complexity index is 554. The number of hydrogen-bond donors (Lipinski definition) is 0. The molecule has 0 aromatic carbocycles. The maximum atomic E-state index is 13.4. The van der Waals surface area contributed by atoms with Gasteiger partial charge in [0.1, 0.15) is 11.4 Å².